The number of rotatable bonds is 2. The number of fused-ring (bicyclic) bond motifs is 6. The van der Waals surface area contributed by atoms with E-state index in [1.165, 1.54) is 5.46 Å². The lowest BCUT2D eigenvalue weighted by molar-refractivity contribution is 0.210. The maximum absolute atomic E-state index is 13.7. The predicted octanol–water partition coefficient (Wildman–Crippen LogP) is 6.42. The van der Waals surface area contributed by atoms with Crippen molar-refractivity contribution in [3.63, 3.8) is 0 Å². The molecule has 0 fully saturated rings. The molecule has 3 heterocycles. The molecule has 0 aliphatic carbocycles. The van der Waals surface area contributed by atoms with Crippen LogP contribution in [0.5, 0.6) is 5.75 Å². The van der Waals surface area contributed by atoms with Crippen molar-refractivity contribution in [2.75, 3.05) is 4.90 Å². The molecule has 0 saturated heterocycles. The number of aromatic nitrogens is 1. The summed E-state index contributed by atoms with van der Waals surface area (Å²) >= 11 is 0. The molecule has 186 valence electrons. The summed E-state index contributed by atoms with van der Waals surface area (Å²) in [5.74, 6) is 0.618. The van der Waals surface area contributed by atoms with Crippen LogP contribution in [0.1, 0.15) is 0 Å². The van der Waals surface area contributed by atoms with Crippen LogP contribution >= 0.6 is 0 Å². The van der Waals surface area contributed by atoms with Crippen molar-refractivity contribution in [2.45, 2.75) is 0 Å². The zero-order chi connectivity index (χ0) is 26.4. The zero-order valence-electron chi connectivity index (χ0n) is 21.4. The summed E-state index contributed by atoms with van der Waals surface area (Å²) in [6.07, 6.45) is -0.369. The van der Waals surface area contributed by atoms with Gasteiger partial charge in [0.15, 0.2) is 0 Å². The van der Waals surface area contributed by atoms with Crippen molar-refractivity contribution in [2.24, 2.45) is 0 Å². The molecule has 0 atom stereocenters. The number of carbonyl (C=O) groups excluding carboxylic acids is 1. The monoisotopic (exact) mass is 512 g/mol. The number of amides is 1. The molecule has 5 heteroatoms. The average Bonchev–Trinajstić information content (AvgIpc) is 3.35. The van der Waals surface area contributed by atoms with Crippen LogP contribution in [0.2, 0.25) is 0 Å². The summed E-state index contributed by atoms with van der Waals surface area (Å²) in [5.41, 5.74) is 8.58. The van der Waals surface area contributed by atoms with Crippen LogP contribution in [-0.4, -0.2) is 17.4 Å². The van der Waals surface area contributed by atoms with Crippen LogP contribution < -0.4 is 26.0 Å². The highest BCUT2D eigenvalue weighted by Gasteiger charge is 2.43. The van der Waals surface area contributed by atoms with E-state index in [1.807, 2.05) is 18.2 Å². The molecule has 2 aliphatic rings. The Balaban J connectivity index is 1.48. The largest absolute Gasteiger partial charge is 0.424 e. The molecule has 9 rings (SSSR count). The predicted molar refractivity (Wildman–Crippen MR) is 164 cm³/mol. The second kappa shape index (κ2) is 7.87. The molecular formula is C35H21BN2O2. The van der Waals surface area contributed by atoms with E-state index in [4.69, 9.17) is 4.74 Å². The number of nitrogens with zero attached hydrogens (tertiary/aromatic N) is 2. The Morgan fingerprint density at radius 1 is 0.625 bits per heavy atom. The Labute approximate surface area is 230 Å². The average molecular weight is 512 g/mol. The first-order valence-electron chi connectivity index (χ1n) is 13.5. The standard InChI is InChI=1S/C35H21BN2O2/c39-35-38-29-21-20-28-32(25-15-7-8-16-27(25)37(28)24-13-5-2-6-14-24)33(29)36(23-11-3-1-4-12-23)26-19-18-22-10-9-17-30(40-35)31(22)34(26)38/h1-21H. The highest BCUT2D eigenvalue weighted by molar-refractivity contribution is 7.00. The molecule has 0 saturated carbocycles. The number of para-hydroxylation sites is 2. The molecule has 0 N–H and O–H groups in total. The van der Waals surface area contributed by atoms with Gasteiger partial charge >= 0.3 is 6.09 Å². The van der Waals surface area contributed by atoms with Crippen LogP contribution in [0, 0.1) is 0 Å². The zero-order valence-corrected chi connectivity index (χ0v) is 21.4. The van der Waals surface area contributed by atoms with E-state index in [9.17, 15) is 4.79 Å². The fraction of sp³-hybridized carbons (Fsp3) is 0. The molecule has 7 aromatic rings. The molecule has 4 nitrogen and oxygen atoms in total. The second-order valence-corrected chi connectivity index (χ2v) is 10.5. The molecule has 0 unspecified atom stereocenters. The van der Waals surface area contributed by atoms with Gasteiger partial charge in [0.25, 0.3) is 0 Å². The molecule has 6 aromatic carbocycles. The Morgan fingerprint density at radius 3 is 2.25 bits per heavy atom. The minimum atomic E-state index is -0.369. The number of ether oxygens (including phenoxy) is 1. The normalized spacial score (nSPS) is 13.7. The van der Waals surface area contributed by atoms with Gasteiger partial charge in [0.2, 0.25) is 6.71 Å². The van der Waals surface area contributed by atoms with Crippen molar-refractivity contribution in [3.8, 4) is 11.4 Å². The highest BCUT2D eigenvalue weighted by atomic mass is 16.6. The number of anilines is 2. The van der Waals surface area contributed by atoms with E-state index in [2.05, 4.69) is 114 Å². The summed E-state index contributed by atoms with van der Waals surface area (Å²) in [6.45, 7) is -0.0652. The molecule has 0 spiro atoms. The second-order valence-electron chi connectivity index (χ2n) is 10.5. The molecule has 2 aliphatic heterocycles. The maximum atomic E-state index is 13.7. The summed E-state index contributed by atoms with van der Waals surface area (Å²) in [6, 6.07) is 44.2. The summed E-state index contributed by atoms with van der Waals surface area (Å²) in [7, 11) is 0. The fourth-order valence-corrected chi connectivity index (χ4v) is 6.92. The third-order valence-electron chi connectivity index (χ3n) is 8.46. The molecular weight excluding hydrogens is 491 g/mol. The number of hydrogen-bond donors (Lipinski definition) is 0. The minimum Gasteiger partial charge on any atom is -0.409 e. The lowest BCUT2D eigenvalue weighted by Gasteiger charge is -2.38. The van der Waals surface area contributed by atoms with Gasteiger partial charge < -0.3 is 9.30 Å². The van der Waals surface area contributed by atoms with Gasteiger partial charge in [-0.3, -0.25) is 0 Å². The smallest absolute Gasteiger partial charge is 0.409 e. The van der Waals surface area contributed by atoms with E-state index in [0.717, 1.165) is 60.6 Å². The first-order chi connectivity index (χ1) is 19.8. The van der Waals surface area contributed by atoms with E-state index in [0.29, 0.717) is 5.75 Å². The van der Waals surface area contributed by atoms with Crippen LogP contribution in [-0.2, 0) is 0 Å². The van der Waals surface area contributed by atoms with Crippen molar-refractivity contribution in [1.29, 1.82) is 0 Å². The van der Waals surface area contributed by atoms with E-state index in [-0.39, 0.29) is 12.8 Å². The van der Waals surface area contributed by atoms with Crippen molar-refractivity contribution in [1.82, 2.24) is 4.57 Å². The highest BCUT2D eigenvalue weighted by Crippen LogP contribution is 2.44. The molecule has 1 aromatic heterocycles. The third kappa shape index (κ3) is 2.73. The van der Waals surface area contributed by atoms with Gasteiger partial charge in [0, 0.05) is 27.5 Å². The lowest BCUT2D eigenvalue weighted by atomic mass is 9.34. The van der Waals surface area contributed by atoms with Gasteiger partial charge in [0.1, 0.15) is 5.75 Å². The third-order valence-corrected chi connectivity index (χ3v) is 8.46. The SMILES string of the molecule is O=C1Oc2cccc3ccc4c(c23)N1c1ccc2c(c1B4c1ccccc1)c1ccccc1n2-c1ccccc1. The van der Waals surface area contributed by atoms with Gasteiger partial charge in [-0.15, -0.1) is 0 Å². The van der Waals surface area contributed by atoms with Gasteiger partial charge in [-0.2, -0.15) is 0 Å². The Morgan fingerprint density at radius 2 is 1.40 bits per heavy atom. The molecule has 40 heavy (non-hydrogen) atoms. The van der Waals surface area contributed by atoms with Crippen molar-refractivity contribution < 1.29 is 9.53 Å². The van der Waals surface area contributed by atoms with Crippen molar-refractivity contribution >= 4 is 73.1 Å². The quantitative estimate of drug-likeness (QED) is 0.251. The number of carbonyl (C=O) groups is 1. The summed E-state index contributed by atoms with van der Waals surface area (Å²) < 4.78 is 8.28. The Kier molecular flexibility index (Phi) is 4.25. The summed E-state index contributed by atoms with van der Waals surface area (Å²) in [4.78, 5) is 15.5. The van der Waals surface area contributed by atoms with Gasteiger partial charge in [0.05, 0.1) is 16.7 Å². The summed E-state index contributed by atoms with van der Waals surface area (Å²) in [5, 5.41) is 4.36. The first-order valence-corrected chi connectivity index (χ1v) is 13.5. The lowest BCUT2D eigenvalue weighted by Crippen LogP contribution is -2.59. The van der Waals surface area contributed by atoms with Gasteiger partial charge in [-0.1, -0.05) is 96.5 Å². The molecule has 0 radical (unpaired) electrons. The van der Waals surface area contributed by atoms with E-state index < -0.39 is 0 Å². The van der Waals surface area contributed by atoms with Crippen LogP contribution in [0.4, 0.5) is 16.2 Å². The Bertz CT molecular complexity index is 2170. The molecule has 0 bridgehead atoms. The van der Waals surface area contributed by atoms with E-state index in [1.54, 1.807) is 4.90 Å². The minimum absolute atomic E-state index is 0.0652. The topological polar surface area (TPSA) is 34.5 Å². The first kappa shape index (κ1) is 21.6. The van der Waals surface area contributed by atoms with Crippen LogP contribution in [0.25, 0.3) is 38.3 Å². The molecule has 1 amide bonds. The van der Waals surface area contributed by atoms with Crippen LogP contribution in [0.15, 0.2) is 127 Å². The van der Waals surface area contributed by atoms with Gasteiger partial charge in [-0.05, 0) is 52.7 Å². The maximum Gasteiger partial charge on any atom is 0.424 e. The number of hydrogen-bond acceptors (Lipinski definition) is 2. The number of benzene rings is 6. The van der Waals surface area contributed by atoms with Gasteiger partial charge in [-0.25, -0.2) is 9.69 Å². The Hall–Kier alpha value is -5.29. The van der Waals surface area contributed by atoms with Crippen molar-refractivity contribution in [3.05, 3.63) is 127 Å². The fourth-order valence-electron chi connectivity index (χ4n) is 6.92. The van der Waals surface area contributed by atoms with Crippen LogP contribution in [0.3, 0.4) is 0 Å². The van der Waals surface area contributed by atoms with E-state index >= 15 is 0 Å².